The first-order chi connectivity index (χ1) is 11.2. The molecule has 3 nitrogen and oxygen atoms in total. The number of nitrogens with one attached hydrogen (secondary N) is 1. The Morgan fingerprint density at radius 3 is 2.83 bits per heavy atom. The summed E-state index contributed by atoms with van der Waals surface area (Å²) in [5.74, 6) is 0.919. The molecule has 0 saturated heterocycles. The molecular formula is C19H22N2OS. The summed E-state index contributed by atoms with van der Waals surface area (Å²) >= 11 is 1.74. The average Bonchev–Trinajstić information content (AvgIpc) is 3.05. The van der Waals surface area contributed by atoms with Crippen molar-refractivity contribution in [1.82, 2.24) is 10.3 Å². The zero-order valence-corrected chi connectivity index (χ0v) is 14.6. The molecule has 3 aromatic rings. The number of nitrogens with zero attached hydrogens (tertiary/aromatic N) is 1. The Bertz CT molecular complexity index is 783. The summed E-state index contributed by atoms with van der Waals surface area (Å²) < 4.78 is 6.43. The van der Waals surface area contributed by atoms with Crippen LogP contribution in [0.1, 0.15) is 28.7 Å². The first-order valence-corrected chi connectivity index (χ1v) is 8.78. The van der Waals surface area contributed by atoms with E-state index in [1.807, 2.05) is 26.1 Å². The number of rotatable bonds is 6. The lowest BCUT2D eigenvalue weighted by Gasteiger charge is -2.20. The van der Waals surface area contributed by atoms with Crippen LogP contribution in [-0.4, -0.2) is 18.6 Å². The number of pyridine rings is 1. The van der Waals surface area contributed by atoms with Crippen molar-refractivity contribution in [3.63, 3.8) is 0 Å². The quantitative estimate of drug-likeness (QED) is 0.716. The van der Waals surface area contributed by atoms with Crippen molar-refractivity contribution in [2.24, 2.45) is 0 Å². The fraction of sp³-hybridized carbons (Fsp3) is 0.316. The van der Waals surface area contributed by atoms with E-state index in [1.54, 1.807) is 11.3 Å². The van der Waals surface area contributed by atoms with Crippen molar-refractivity contribution < 1.29 is 4.74 Å². The van der Waals surface area contributed by atoms with E-state index < -0.39 is 0 Å². The van der Waals surface area contributed by atoms with Gasteiger partial charge in [0.1, 0.15) is 11.9 Å². The van der Waals surface area contributed by atoms with Gasteiger partial charge in [0, 0.05) is 22.4 Å². The Kier molecular flexibility index (Phi) is 4.94. The third-order valence-electron chi connectivity index (χ3n) is 3.91. The third kappa shape index (κ3) is 3.54. The third-order valence-corrected chi connectivity index (χ3v) is 4.87. The van der Waals surface area contributed by atoms with Gasteiger partial charge in [0.15, 0.2) is 0 Å². The summed E-state index contributed by atoms with van der Waals surface area (Å²) in [7, 11) is 1.97. The van der Waals surface area contributed by atoms with Gasteiger partial charge in [-0.25, -0.2) is 0 Å². The molecule has 0 aliphatic rings. The minimum absolute atomic E-state index is 0.0637. The number of hydrogen-bond acceptors (Lipinski definition) is 4. The van der Waals surface area contributed by atoms with Gasteiger partial charge in [0.05, 0.1) is 5.52 Å². The van der Waals surface area contributed by atoms with Gasteiger partial charge in [-0.05, 0) is 62.6 Å². The van der Waals surface area contributed by atoms with E-state index in [9.17, 15) is 0 Å². The minimum atomic E-state index is 0.0637. The monoisotopic (exact) mass is 326 g/mol. The normalized spacial score (nSPS) is 12.5. The van der Waals surface area contributed by atoms with E-state index in [4.69, 9.17) is 4.74 Å². The van der Waals surface area contributed by atoms with Crippen molar-refractivity contribution in [3.8, 4) is 5.75 Å². The second kappa shape index (κ2) is 7.11. The molecule has 0 fully saturated rings. The largest absolute Gasteiger partial charge is 0.484 e. The highest BCUT2D eigenvalue weighted by molar-refractivity contribution is 7.10. The van der Waals surface area contributed by atoms with Crippen LogP contribution in [0, 0.1) is 13.8 Å². The molecule has 0 aliphatic carbocycles. The van der Waals surface area contributed by atoms with Gasteiger partial charge in [-0.15, -0.1) is 11.3 Å². The molecule has 3 rings (SSSR count). The SMILES string of the molecule is CNCC[C@@H](Oc1cccc2nc(C)cc(C)c12)c1cccs1. The van der Waals surface area contributed by atoms with Gasteiger partial charge < -0.3 is 10.1 Å². The molecule has 0 spiro atoms. The smallest absolute Gasteiger partial charge is 0.134 e. The van der Waals surface area contributed by atoms with Crippen LogP contribution in [0.5, 0.6) is 5.75 Å². The Morgan fingerprint density at radius 2 is 2.09 bits per heavy atom. The van der Waals surface area contributed by atoms with Gasteiger partial charge in [0.2, 0.25) is 0 Å². The van der Waals surface area contributed by atoms with E-state index in [2.05, 4.69) is 46.9 Å². The van der Waals surface area contributed by atoms with Crippen molar-refractivity contribution in [2.75, 3.05) is 13.6 Å². The number of ether oxygens (including phenoxy) is 1. The zero-order valence-electron chi connectivity index (χ0n) is 13.8. The summed E-state index contributed by atoms with van der Waals surface area (Å²) in [6.45, 7) is 5.07. The second-order valence-electron chi connectivity index (χ2n) is 5.74. The van der Waals surface area contributed by atoms with Crippen LogP contribution in [0.3, 0.4) is 0 Å². The Balaban J connectivity index is 1.98. The summed E-state index contributed by atoms with van der Waals surface area (Å²) in [6.07, 6.45) is 1.000. The van der Waals surface area contributed by atoms with E-state index in [1.165, 1.54) is 10.4 Å². The number of aromatic nitrogens is 1. The lowest BCUT2D eigenvalue weighted by atomic mass is 10.1. The maximum atomic E-state index is 6.43. The molecule has 1 aromatic carbocycles. The summed E-state index contributed by atoms with van der Waals surface area (Å²) in [4.78, 5) is 5.90. The molecule has 120 valence electrons. The number of hydrogen-bond donors (Lipinski definition) is 1. The molecule has 0 aliphatic heterocycles. The van der Waals surface area contributed by atoms with E-state index in [-0.39, 0.29) is 6.10 Å². The standard InChI is InChI=1S/C19H22N2OS/c1-13-12-14(2)21-15-6-4-7-17(19(13)15)22-16(9-10-20-3)18-8-5-11-23-18/h4-8,11-12,16,20H,9-10H2,1-3H3/t16-/m1/s1. The van der Waals surface area contributed by atoms with Gasteiger partial charge in [-0.3, -0.25) is 4.98 Å². The highest BCUT2D eigenvalue weighted by Crippen LogP contribution is 2.34. The number of fused-ring (bicyclic) bond motifs is 1. The minimum Gasteiger partial charge on any atom is -0.484 e. The Labute approximate surface area is 141 Å². The first kappa shape index (κ1) is 16.0. The molecule has 0 amide bonds. The van der Waals surface area contributed by atoms with Crippen LogP contribution < -0.4 is 10.1 Å². The topological polar surface area (TPSA) is 34.1 Å². The Hall–Kier alpha value is -1.91. The van der Waals surface area contributed by atoms with Gasteiger partial charge in [0.25, 0.3) is 0 Å². The highest BCUT2D eigenvalue weighted by Gasteiger charge is 2.16. The molecule has 1 atom stereocenters. The molecule has 1 N–H and O–H groups in total. The molecule has 0 bridgehead atoms. The zero-order chi connectivity index (χ0) is 16.2. The fourth-order valence-electron chi connectivity index (χ4n) is 2.88. The van der Waals surface area contributed by atoms with Crippen molar-refractivity contribution in [3.05, 3.63) is 57.9 Å². The van der Waals surface area contributed by atoms with Gasteiger partial charge in [-0.2, -0.15) is 0 Å². The summed E-state index contributed by atoms with van der Waals surface area (Å²) in [5, 5.41) is 6.43. The van der Waals surface area contributed by atoms with Crippen LogP contribution in [0.15, 0.2) is 41.8 Å². The lowest BCUT2D eigenvalue weighted by Crippen LogP contribution is -2.15. The van der Waals surface area contributed by atoms with Crippen molar-refractivity contribution >= 4 is 22.2 Å². The second-order valence-corrected chi connectivity index (χ2v) is 6.72. The molecule has 0 radical (unpaired) electrons. The highest BCUT2D eigenvalue weighted by atomic mass is 32.1. The predicted octanol–water partition coefficient (Wildman–Crippen LogP) is 4.64. The van der Waals surface area contributed by atoms with Crippen LogP contribution in [-0.2, 0) is 0 Å². The number of thiophene rings is 1. The van der Waals surface area contributed by atoms with Crippen LogP contribution in [0.2, 0.25) is 0 Å². The van der Waals surface area contributed by atoms with Gasteiger partial charge in [-0.1, -0.05) is 12.1 Å². The average molecular weight is 326 g/mol. The molecule has 0 saturated carbocycles. The fourth-order valence-corrected chi connectivity index (χ4v) is 3.67. The Morgan fingerprint density at radius 1 is 1.22 bits per heavy atom. The van der Waals surface area contributed by atoms with E-state index in [0.717, 1.165) is 35.3 Å². The maximum absolute atomic E-state index is 6.43. The van der Waals surface area contributed by atoms with Crippen LogP contribution >= 0.6 is 11.3 Å². The molecule has 2 heterocycles. The van der Waals surface area contributed by atoms with E-state index >= 15 is 0 Å². The van der Waals surface area contributed by atoms with Crippen molar-refractivity contribution in [2.45, 2.75) is 26.4 Å². The number of aryl methyl sites for hydroxylation is 2. The predicted molar refractivity (Wildman–Crippen MR) is 97.4 cm³/mol. The molecule has 23 heavy (non-hydrogen) atoms. The van der Waals surface area contributed by atoms with Gasteiger partial charge >= 0.3 is 0 Å². The maximum Gasteiger partial charge on any atom is 0.134 e. The molecular weight excluding hydrogens is 304 g/mol. The molecule has 2 aromatic heterocycles. The number of benzene rings is 1. The first-order valence-electron chi connectivity index (χ1n) is 7.90. The summed E-state index contributed by atoms with van der Waals surface area (Å²) in [5.41, 5.74) is 3.25. The molecule has 0 unspecified atom stereocenters. The van der Waals surface area contributed by atoms with Crippen LogP contribution in [0.25, 0.3) is 10.9 Å². The molecule has 4 heteroatoms. The van der Waals surface area contributed by atoms with E-state index in [0.29, 0.717) is 0 Å². The van der Waals surface area contributed by atoms with Crippen molar-refractivity contribution in [1.29, 1.82) is 0 Å². The van der Waals surface area contributed by atoms with Crippen LogP contribution in [0.4, 0.5) is 0 Å². The lowest BCUT2D eigenvalue weighted by molar-refractivity contribution is 0.201. The summed E-state index contributed by atoms with van der Waals surface area (Å²) in [6, 6.07) is 12.5.